The molecule has 9 heteroatoms. The number of ether oxygens (including phenoxy) is 1. The number of para-hydroxylation sites is 1. The van der Waals surface area contributed by atoms with E-state index in [0.717, 1.165) is 0 Å². The van der Waals surface area contributed by atoms with E-state index in [-0.39, 0.29) is 17.7 Å². The number of H-pyrrole nitrogens is 1. The first-order valence-corrected chi connectivity index (χ1v) is 10.4. The molecule has 34 heavy (non-hydrogen) atoms. The van der Waals surface area contributed by atoms with Gasteiger partial charge >= 0.3 is 6.18 Å². The molecule has 0 aliphatic carbocycles. The number of aliphatic hydroxyl groups is 1. The first-order valence-electron chi connectivity index (χ1n) is 10.4. The minimum absolute atomic E-state index is 0.0290. The number of hydrogen-bond donors (Lipinski definition) is 2. The van der Waals surface area contributed by atoms with Gasteiger partial charge in [0, 0.05) is 28.8 Å². The van der Waals surface area contributed by atoms with Gasteiger partial charge in [0.15, 0.2) is 5.60 Å². The Kier molecular flexibility index (Phi) is 6.84. The van der Waals surface area contributed by atoms with Crippen molar-refractivity contribution in [2.45, 2.75) is 43.9 Å². The second-order valence-corrected chi connectivity index (χ2v) is 8.63. The highest BCUT2D eigenvalue weighted by atomic mass is 19.4. The summed E-state index contributed by atoms with van der Waals surface area (Å²) in [5, 5.41) is 20.3. The fourth-order valence-corrected chi connectivity index (χ4v) is 4.03. The fourth-order valence-electron chi connectivity index (χ4n) is 4.03. The third-order valence-corrected chi connectivity index (χ3v) is 5.66. The van der Waals surface area contributed by atoms with Crippen molar-refractivity contribution in [1.29, 1.82) is 5.26 Å². The predicted molar refractivity (Wildman–Crippen MR) is 124 cm³/mol. The number of alkyl halides is 3. The maximum Gasteiger partial charge on any atom is 0.422 e. The molecule has 3 rings (SSSR count). The summed E-state index contributed by atoms with van der Waals surface area (Å²) in [5.74, 6) is 0.313. The van der Waals surface area contributed by atoms with Gasteiger partial charge in [-0.25, -0.2) is 0 Å². The van der Waals surface area contributed by atoms with Gasteiger partial charge in [0.05, 0.1) is 30.8 Å². The lowest BCUT2D eigenvalue weighted by molar-refractivity contribution is -0.234. The third-order valence-electron chi connectivity index (χ3n) is 5.66. The standard InChI is InChI=1S/C25H24F3N3O3/c1-23(2,18-7-4-6-16(12-13-29)22(18)34-3)14-24(33,25(26,27)28)15-30-19-8-5-9-20-17(19)10-11-21(32)31-20/h4-11,15,33H,12,14H2,1-3H3,(H,31,32). The van der Waals surface area contributed by atoms with E-state index in [1.165, 1.54) is 25.3 Å². The van der Waals surface area contributed by atoms with E-state index in [4.69, 9.17) is 10.00 Å². The summed E-state index contributed by atoms with van der Waals surface area (Å²) in [6.07, 6.45) is -5.24. The van der Waals surface area contributed by atoms with Gasteiger partial charge in [0.25, 0.3) is 0 Å². The Morgan fingerprint density at radius 1 is 1.15 bits per heavy atom. The molecular weight excluding hydrogens is 447 g/mol. The zero-order valence-corrected chi connectivity index (χ0v) is 18.9. The molecule has 0 aliphatic rings. The largest absolute Gasteiger partial charge is 0.496 e. The van der Waals surface area contributed by atoms with Gasteiger partial charge in [-0.3, -0.25) is 9.79 Å². The number of nitrogens with one attached hydrogen (secondary N) is 1. The van der Waals surface area contributed by atoms with Gasteiger partial charge in [-0.1, -0.05) is 38.1 Å². The number of methoxy groups -OCH3 is 1. The highest BCUT2D eigenvalue weighted by Crippen LogP contribution is 2.44. The van der Waals surface area contributed by atoms with Crippen molar-refractivity contribution in [1.82, 2.24) is 4.98 Å². The molecule has 178 valence electrons. The molecule has 0 aliphatic heterocycles. The molecule has 1 aromatic heterocycles. The number of halogens is 3. The van der Waals surface area contributed by atoms with Crippen LogP contribution in [-0.4, -0.2) is 35.2 Å². The average Bonchev–Trinajstić information content (AvgIpc) is 2.76. The van der Waals surface area contributed by atoms with Gasteiger partial charge in [-0.2, -0.15) is 18.4 Å². The molecule has 6 nitrogen and oxygen atoms in total. The van der Waals surface area contributed by atoms with Gasteiger partial charge in [-0.05, 0) is 30.0 Å². The number of fused-ring (bicyclic) bond motifs is 1. The Morgan fingerprint density at radius 2 is 1.85 bits per heavy atom. The number of benzene rings is 2. The Hall–Kier alpha value is -3.64. The Morgan fingerprint density at radius 3 is 2.50 bits per heavy atom. The quantitative estimate of drug-likeness (QED) is 0.476. The van der Waals surface area contributed by atoms with E-state index in [9.17, 15) is 23.1 Å². The second-order valence-electron chi connectivity index (χ2n) is 8.63. The smallest absolute Gasteiger partial charge is 0.422 e. The van der Waals surface area contributed by atoms with Crippen LogP contribution in [0.15, 0.2) is 58.3 Å². The zero-order chi connectivity index (χ0) is 25.1. The molecule has 3 aromatic rings. The van der Waals surface area contributed by atoms with Crippen LogP contribution in [0.2, 0.25) is 0 Å². The Labute approximate surface area is 194 Å². The number of nitrogens with zero attached hydrogens (tertiary/aromatic N) is 2. The Balaban J connectivity index is 2.06. The molecule has 1 unspecified atom stereocenters. The summed E-state index contributed by atoms with van der Waals surface area (Å²) in [6, 6.07) is 14.3. The van der Waals surface area contributed by atoms with E-state index in [2.05, 4.69) is 9.98 Å². The molecular formula is C25H24F3N3O3. The number of rotatable bonds is 7. The number of aliphatic imine (C=N–C) groups is 1. The third kappa shape index (κ3) is 4.97. The summed E-state index contributed by atoms with van der Waals surface area (Å²) in [7, 11) is 1.39. The summed E-state index contributed by atoms with van der Waals surface area (Å²) in [5.41, 5.74) is -3.27. The predicted octanol–water partition coefficient (Wildman–Crippen LogP) is 4.97. The number of nitriles is 1. The first kappa shape index (κ1) is 25.0. The van der Waals surface area contributed by atoms with E-state index >= 15 is 0 Å². The van der Waals surface area contributed by atoms with Crippen molar-refractivity contribution in [3.63, 3.8) is 0 Å². The topological polar surface area (TPSA) is 98.5 Å². The maximum absolute atomic E-state index is 14.1. The molecule has 2 aromatic carbocycles. The molecule has 2 N–H and O–H groups in total. The molecule has 0 spiro atoms. The van der Waals surface area contributed by atoms with Crippen LogP contribution >= 0.6 is 0 Å². The molecule has 0 bridgehead atoms. The van der Waals surface area contributed by atoms with Crippen molar-refractivity contribution in [3.8, 4) is 11.8 Å². The molecule has 0 radical (unpaired) electrons. The van der Waals surface area contributed by atoms with E-state index in [0.29, 0.717) is 34.0 Å². The number of aromatic amines is 1. The highest BCUT2D eigenvalue weighted by molar-refractivity contribution is 5.91. The summed E-state index contributed by atoms with van der Waals surface area (Å²) >= 11 is 0. The van der Waals surface area contributed by atoms with Crippen LogP contribution in [0.4, 0.5) is 18.9 Å². The first-order chi connectivity index (χ1) is 15.9. The lowest BCUT2D eigenvalue weighted by atomic mass is 9.74. The van der Waals surface area contributed by atoms with Gasteiger partial charge < -0.3 is 14.8 Å². The number of hydrogen-bond acceptors (Lipinski definition) is 5. The lowest BCUT2D eigenvalue weighted by Crippen LogP contribution is -2.50. The molecule has 0 saturated carbocycles. The van der Waals surface area contributed by atoms with Crippen molar-refractivity contribution < 1.29 is 23.0 Å². The lowest BCUT2D eigenvalue weighted by Gasteiger charge is -2.36. The van der Waals surface area contributed by atoms with Crippen molar-refractivity contribution in [3.05, 3.63) is 70.0 Å². The van der Waals surface area contributed by atoms with Gasteiger partial charge in [0.2, 0.25) is 5.56 Å². The number of pyridine rings is 1. The monoisotopic (exact) mass is 471 g/mol. The summed E-state index contributed by atoms with van der Waals surface area (Å²) < 4.78 is 47.8. The van der Waals surface area contributed by atoms with Crippen molar-refractivity contribution >= 4 is 22.8 Å². The average molecular weight is 471 g/mol. The molecule has 1 atom stereocenters. The summed E-state index contributed by atoms with van der Waals surface area (Å²) in [6.45, 7) is 3.13. The van der Waals surface area contributed by atoms with Crippen LogP contribution in [-0.2, 0) is 11.8 Å². The van der Waals surface area contributed by atoms with Crippen molar-refractivity contribution in [2.75, 3.05) is 7.11 Å². The molecule has 0 fully saturated rings. The van der Waals surface area contributed by atoms with Crippen LogP contribution in [0.3, 0.4) is 0 Å². The van der Waals surface area contributed by atoms with Crippen LogP contribution in [0.1, 0.15) is 31.4 Å². The zero-order valence-electron chi connectivity index (χ0n) is 18.9. The van der Waals surface area contributed by atoms with Crippen LogP contribution in [0, 0.1) is 11.3 Å². The number of aromatic nitrogens is 1. The van der Waals surface area contributed by atoms with E-state index in [1.54, 1.807) is 44.2 Å². The van der Waals surface area contributed by atoms with E-state index < -0.39 is 23.6 Å². The fraction of sp³-hybridized carbons (Fsp3) is 0.320. The van der Waals surface area contributed by atoms with Crippen LogP contribution in [0.25, 0.3) is 10.9 Å². The van der Waals surface area contributed by atoms with E-state index in [1.807, 2.05) is 6.07 Å². The second kappa shape index (κ2) is 9.31. The normalized spacial score (nSPS) is 14.2. The molecule has 1 heterocycles. The van der Waals surface area contributed by atoms with Crippen LogP contribution < -0.4 is 10.3 Å². The minimum atomic E-state index is -5.02. The summed E-state index contributed by atoms with van der Waals surface area (Å²) in [4.78, 5) is 18.1. The Bertz CT molecular complexity index is 1320. The SMILES string of the molecule is COc1c(CC#N)cccc1C(C)(C)CC(O)(C=Nc1cccc2[nH]c(=O)ccc12)C(F)(F)F. The van der Waals surface area contributed by atoms with Crippen LogP contribution in [0.5, 0.6) is 5.75 Å². The maximum atomic E-state index is 14.1. The van der Waals surface area contributed by atoms with Gasteiger partial charge in [-0.15, -0.1) is 0 Å². The molecule has 0 saturated heterocycles. The van der Waals surface area contributed by atoms with Crippen molar-refractivity contribution in [2.24, 2.45) is 4.99 Å². The minimum Gasteiger partial charge on any atom is -0.496 e. The van der Waals surface area contributed by atoms with Gasteiger partial charge in [0.1, 0.15) is 5.75 Å². The highest BCUT2D eigenvalue weighted by Gasteiger charge is 2.55. The molecule has 0 amide bonds.